The molecule has 5 nitrogen and oxygen atoms in total. The summed E-state index contributed by atoms with van der Waals surface area (Å²) >= 11 is 0. The fraction of sp³-hybridized carbons (Fsp3) is 0.524. The van der Waals surface area contributed by atoms with Gasteiger partial charge in [0, 0.05) is 19.1 Å². The van der Waals surface area contributed by atoms with Gasteiger partial charge in [0.1, 0.15) is 5.82 Å². The molecule has 2 aliphatic rings. The first-order chi connectivity index (χ1) is 13.0. The number of nitrogens with zero attached hydrogens (tertiary/aromatic N) is 3. The number of carbonyl (C=O) groups excluding carboxylic acids is 1. The van der Waals surface area contributed by atoms with E-state index in [1.54, 1.807) is 16.8 Å². The molecule has 0 spiro atoms. The van der Waals surface area contributed by atoms with E-state index in [4.69, 9.17) is 0 Å². The lowest BCUT2D eigenvalue weighted by Gasteiger charge is -2.32. The molecule has 2 aromatic rings. The third kappa shape index (κ3) is 4.39. The Balaban J connectivity index is 0.00000225. The molecule has 1 saturated heterocycles. The SMILES string of the molecule is Cc1nn(-c2ccc(F)cc2)c(C)c1C(=O)N1CCC(NCC2CC2)CC1.Cl. The number of carbonyl (C=O) groups is 1. The quantitative estimate of drug-likeness (QED) is 0.824. The van der Waals surface area contributed by atoms with Gasteiger partial charge in [-0.25, -0.2) is 9.07 Å². The van der Waals surface area contributed by atoms with Gasteiger partial charge in [0.05, 0.1) is 22.6 Å². The first-order valence-electron chi connectivity index (χ1n) is 9.87. The maximum atomic E-state index is 13.2. The number of rotatable bonds is 5. The number of piperidine rings is 1. The van der Waals surface area contributed by atoms with E-state index in [1.807, 2.05) is 18.7 Å². The van der Waals surface area contributed by atoms with Crippen LogP contribution in [0.25, 0.3) is 5.69 Å². The fourth-order valence-corrected chi connectivity index (χ4v) is 3.89. The zero-order valence-corrected chi connectivity index (χ0v) is 17.3. The summed E-state index contributed by atoms with van der Waals surface area (Å²) < 4.78 is 14.9. The highest BCUT2D eigenvalue weighted by molar-refractivity contribution is 5.96. The molecule has 1 saturated carbocycles. The number of aromatic nitrogens is 2. The second-order valence-corrected chi connectivity index (χ2v) is 7.85. The Morgan fingerprint density at radius 3 is 2.39 bits per heavy atom. The van der Waals surface area contributed by atoms with Crippen LogP contribution in [0.15, 0.2) is 24.3 Å². The molecule has 152 valence electrons. The second-order valence-electron chi connectivity index (χ2n) is 7.85. The molecule has 1 aliphatic carbocycles. The zero-order valence-electron chi connectivity index (χ0n) is 16.4. The minimum atomic E-state index is -0.283. The highest BCUT2D eigenvalue weighted by Gasteiger charge is 2.29. The van der Waals surface area contributed by atoms with Crippen molar-refractivity contribution in [2.24, 2.45) is 5.92 Å². The van der Waals surface area contributed by atoms with Gasteiger partial charge in [-0.1, -0.05) is 0 Å². The van der Waals surface area contributed by atoms with Gasteiger partial charge in [-0.2, -0.15) is 5.10 Å². The molecule has 0 unspecified atom stereocenters. The molecule has 1 aromatic carbocycles. The lowest BCUT2D eigenvalue weighted by Crippen LogP contribution is -2.45. The molecule has 1 amide bonds. The molecule has 7 heteroatoms. The first kappa shape index (κ1) is 20.8. The van der Waals surface area contributed by atoms with Gasteiger partial charge in [-0.15, -0.1) is 12.4 Å². The summed E-state index contributed by atoms with van der Waals surface area (Å²) in [5.41, 5.74) is 2.96. The summed E-state index contributed by atoms with van der Waals surface area (Å²) in [6.07, 6.45) is 4.73. The molecule has 1 aromatic heterocycles. The Morgan fingerprint density at radius 1 is 1.14 bits per heavy atom. The number of hydrogen-bond donors (Lipinski definition) is 1. The summed E-state index contributed by atoms with van der Waals surface area (Å²) in [6, 6.07) is 6.71. The van der Waals surface area contributed by atoms with Crippen LogP contribution >= 0.6 is 12.4 Å². The lowest BCUT2D eigenvalue weighted by atomic mass is 10.0. The van der Waals surface area contributed by atoms with Gasteiger partial charge in [0.25, 0.3) is 5.91 Å². The van der Waals surface area contributed by atoms with E-state index in [2.05, 4.69) is 10.4 Å². The maximum Gasteiger partial charge on any atom is 0.257 e. The fourth-order valence-electron chi connectivity index (χ4n) is 3.89. The lowest BCUT2D eigenvalue weighted by molar-refractivity contribution is 0.0703. The number of halogens is 2. The van der Waals surface area contributed by atoms with Crippen molar-refractivity contribution >= 4 is 18.3 Å². The molecule has 2 heterocycles. The molecular formula is C21H28ClFN4O. The average molecular weight is 407 g/mol. The molecular weight excluding hydrogens is 379 g/mol. The predicted molar refractivity (Wildman–Crippen MR) is 110 cm³/mol. The number of likely N-dealkylation sites (tertiary alicyclic amines) is 1. The minimum Gasteiger partial charge on any atom is -0.338 e. The number of benzene rings is 1. The molecule has 2 fully saturated rings. The summed E-state index contributed by atoms with van der Waals surface area (Å²) in [7, 11) is 0. The van der Waals surface area contributed by atoms with Gasteiger partial charge in [0.15, 0.2) is 0 Å². The van der Waals surface area contributed by atoms with Gasteiger partial charge in [-0.3, -0.25) is 4.79 Å². The molecule has 0 radical (unpaired) electrons. The Kier molecular flexibility index (Phi) is 6.40. The molecule has 28 heavy (non-hydrogen) atoms. The van der Waals surface area contributed by atoms with Crippen LogP contribution in [0.3, 0.4) is 0 Å². The summed E-state index contributed by atoms with van der Waals surface area (Å²) in [5, 5.41) is 8.18. The Bertz CT molecular complexity index is 824. The molecule has 0 bridgehead atoms. The van der Waals surface area contributed by atoms with Crippen LogP contribution in [0.4, 0.5) is 4.39 Å². The minimum absolute atomic E-state index is 0. The van der Waals surface area contributed by atoms with E-state index in [1.165, 1.54) is 25.0 Å². The van der Waals surface area contributed by atoms with Crippen LogP contribution in [0, 0.1) is 25.6 Å². The van der Waals surface area contributed by atoms with Crippen LogP contribution in [-0.2, 0) is 0 Å². The van der Waals surface area contributed by atoms with Crippen LogP contribution in [0.5, 0.6) is 0 Å². The Hall–Kier alpha value is -1.92. The predicted octanol–water partition coefficient (Wildman–Crippen LogP) is 3.65. The average Bonchev–Trinajstić information content (AvgIpc) is 3.45. The summed E-state index contributed by atoms with van der Waals surface area (Å²) in [4.78, 5) is 15.1. The van der Waals surface area contributed by atoms with Crippen molar-refractivity contribution < 1.29 is 9.18 Å². The van der Waals surface area contributed by atoms with Crippen LogP contribution in [-0.4, -0.2) is 46.3 Å². The van der Waals surface area contributed by atoms with Crippen molar-refractivity contribution in [3.8, 4) is 5.69 Å². The molecule has 1 aliphatic heterocycles. The van der Waals surface area contributed by atoms with E-state index in [9.17, 15) is 9.18 Å². The van der Waals surface area contributed by atoms with Crippen LogP contribution in [0.2, 0.25) is 0 Å². The monoisotopic (exact) mass is 406 g/mol. The van der Waals surface area contributed by atoms with E-state index < -0.39 is 0 Å². The summed E-state index contributed by atoms with van der Waals surface area (Å²) in [5.74, 6) is 0.654. The van der Waals surface area contributed by atoms with Gasteiger partial charge in [-0.05, 0) is 76.3 Å². The Morgan fingerprint density at radius 2 is 1.79 bits per heavy atom. The third-order valence-electron chi connectivity index (χ3n) is 5.75. The number of amides is 1. The van der Waals surface area contributed by atoms with E-state index in [-0.39, 0.29) is 24.1 Å². The normalized spacial score (nSPS) is 17.5. The first-order valence-corrected chi connectivity index (χ1v) is 9.87. The van der Waals surface area contributed by atoms with Crippen molar-refractivity contribution in [1.29, 1.82) is 0 Å². The third-order valence-corrected chi connectivity index (χ3v) is 5.75. The van der Waals surface area contributed by atoms with E-state index in [0.717, 1.165) is 55.5 Å². The van der Waals surface area contributed by atoms with Gasteiger partial charge >= 0.3 is 0 Å². The topological polar surface area (TPSA) is 50.2 Å². The van der Waals surface area contributed by atoms with Gasteiger partial charge in [0.2, 0.25) is 0 Å². The van der Waals surface area contributed by atoms with Crippen molar-refractivity contribution in [2.45, 2.75) is 45.6 Å². The summed E-state index contributed by atoms with van der Waals surface area (Å²) in [6.45, 7) is 6.45. The number of aryl methyl sites for hydroxylation is 1. The largest absolute Gasteiger partial charge is 0.338 e. The van der Waals surface area contributed by atoms with Crippen molar-refractivity contribution in [1.82, 2.24) is 20.0 Å². The Labute approximate surface area is 171 Å². The van der Waals surface area contributed by atoms with Gasteiger partial charge < -0.3 is 10.2 Å². The van der Waals surface area contributed by atoms with Crippen molar-refractivity contribution in [2.75, 3.05) is 19.6 Å². The van der Waals surface area contributed by atoms with E-state index in [0.29, 0.717) is 11.6 Å². The number of hydrogen-bond acceptors (Lipinski definition) is 3. The van der Waals surface area contributed by atoms with Crippen LogP contribution in [0.1, 0.15) is 47.4 Å². The zero-order chi connectivity index (χ0) is 19.0. The highest BCUT2D eigenvalue weighted by Crippen LogP contribution is 2.28. The smallest absolute Gasteiger partial charge is 0.257 e. The van der Waals surface area contributed by atoms with Crippen LogP contribution < -0.4 is 5.32 Å². The standard InChI is InChI=1S/C21H27FN4O.ClH/c1-14-20(15(2)26(24-14)19-7-5-17(22)6-8-19)21(27)25-11-9-18(10-12-25)23-13-16-3-4-16;/h5-8,16,18,23H,3-4,9-13H2,1-2H3;1H. The highest BCUT2D eigenvalue weighted by atomic mass is 35.5. The molecule has 0 atom stereocenters. The van der Waals surface area contributed by atoms with Crippen molar-refractivity contribution in [3.05, 3.63) is 47.0 Å². The number of nitrogens with one attached hydrogen (secondary N) is 1. The molecule has 4 rings (SSSR count). The molecule has 1 N–H and O–H groups in total. The van der Waals surface area contributed by atoms with E-state index >= 15 is 0 Å². The second kappa shape index (κ2) is 8.62. The van der Waals surface area contributed by atoms with Crippen molar-refractivity contribution in [3.63, 3.8) is 0 Å². The maximum absolute atomic E-state index is 13.2.